The fraction of sp³-hybridized carbons (Fsp3) is 0.533. The predicted octanol–water partition coefficient (Wildman–Crippen LogP) is 2.50. The standard InChI is InChI=1S/C15H22O4/c1-5-18-13-10-8-7-9-12(13)11(3)15(4,17)14(16)19-6-2/h7-11,17H,5-6H2,1-4H3. The molecule has 1 aromatic rings. The summed E-state index contributed by atoms with van der Waals surface area (Å²) in [6, 6.07) is 7.40. The molecule has 0 saturated heterocycles. The fourth-order valence-corrected chi connectivity index (χ4v) is 1.88. The lowest BCUT2D eigenvalue weighted by Crippen LogP contribution is -2.42. The molecule has 0 heterocycles. The van der Waals surface area contributed by atoms with Gasteiger partial charge in [0.15, 0.2) is 5.60 Å². The Balaban J connectivity index is 3.05. The highest BCUT2D eigenvalue weighted by atomic mass is 16.5. The number of para-hydroxylation sites is 1. The molecular formula is C15H22O4. The van der Waals surface area contributed by atoms with Crippen LogP contribution in [0.2, 0.25) is 0 Å². The summed E-state index contributed by atoms with van der Waals surface area (Å²) in [5.41, 5.74) is -0.786. The third-order valence-corrected chi connectivity index (χ3v) is 3.22. The fourth-order valence-electron chi connectivity index (χ4n) is 1.88. The molecule has 1 aromatic carbocycles. The van der Waals surface area contributed by atoms with Crippen molar-refractivity contribution in [2.24, 2.45) is 0 Å². The van der Waals surface area contributed by atoms with Crippen molar-refractivity contribution < 1.29 is 19.4 Å². The number of ether oxygens (including phenoxy) is 2. The molecule has 0 aliphatic rings. The van der Waals surface area contributed by atoms with Crippen LogP contribution in [0.1, 0.15) is 39.2 Å². The number of hydrogen-bond donors (Lipinski definition) is 1. The largest absolute Gasteiger partial charge is 0.494 e. The second-order valence-corrected chi connectivity index (χ2v) is 4.56. The maximum atomic E-state index is 11.8. The van der Waals surface area contributed by atoms with Gasteiger partial charge in [0, 0.05) is 11.5 Å². The highest BCUT2D eigenvalue weighted by molar-refractivity contribution is 5.80. The van der Waals surface area contributed by atoms with Gasteiger partial charge in [-0.3, -0.25) is 0 Å². The van der Waals surface area contributed by atoms with Crippen LogP contribution in [0.15, 0.2) is 24.3 Å². The van der Waals surface area contributed by atoms with E-state index in [4.69, 9.17) is 9.47 Å². The van der Waals surface area contributed by atoms with Crippen molar-refractivity contribution >= 4 is 5.97 Å². The molecule has 1 rings (SSSR count). The highest BCUT2D eigenvalue weighted by Gasteiger charge is 2.40. The molecule has 1 N–H and O–H groups in total. The van der Waals surface area contributed by atoms with E-state index >= 15 is 0 Å². The number of aliphatic hydroxyl groups is 1. The number of esters is 1. The molecule has 106 valence electrons. The van der Waals surface area contributed by atoms with Gasteiger partial charge >= 0.3 is 5.97 Å². The van der Waals surface area contributed by atoms with Crippen molar-refractivity contribution in [1.82, 2.24) is 0 Å². The van der Waals surface area contributed by atoms with Crippen LogP contribution in [0.25, 0.3) is 0 Å². The Morgan fingerprint density at radius 1 is 1.32 bits per heavy atom. The summed E-state index contributed by atoms with van der Waals surface area (Å²) >= 11 is 0. The van der Waals surface area contributed by atoms with Gasteiger partial charge in [-0.05, 0) is 26.8 Å². The molecule has 0 aliphatic carbocycles. The van der Waals surface area contributed by atoms with E-state index in [9.17, 15) is 9.90 Å². The van der Waals surface area contributed by atoms with Gasteiger partial charge in [0.25, 0.3) is 0 Å². The van der Waals surface area contributed by atoms with Crippen molar-refractivity contribution in [2.75, 3.05) is 13.2 Å². The summed E-state index contributed by atoms with van der Waals surface area (Å²) in [5, 5.41) is 10.4. The topological polar surface area (TPSA) is 55.8 Å². The lowest BCUT2D eigenvalue weighted by Gasteiger charge is -2.29. The van der Waals surface area contributed by atoms with E-state index in [-0.39, 0.29) is 6.61 Å². The summed E-state index contributed by atoms with van der Waals surface area (Å²) in [6.07, 6.45) is 0. The average molecular weight is 266 g/mol. The molecular weight excluding hydrogens is 244 g/mol. The van der Waals surface area contributed by atoms with Gasteiger partial charge in [-0.2, -0.15) is 0 Å². The predicted molar refractivity (Wildman–Crippen MR) is 73.3 cm³/mol. The number of benzene rings is 1. The highest BCUT2D eigenvalue weighted by Crippen LogP contribution is 2.34. The van der Waals surface area contributed by atoms with Crippen molar-refractivity contribution in [1.29, 1.82) is 0 Å². The minimum absolute atomic E-state index is 0.245. The quantitative estimate of drug-likeness (QED) is 0.804. The van der Waals surface area contributed by atoms with Gasteiger partial charge in [-0.15, -0.1) is 0 Å². The van der Waals surface area contributed by atoms with E-state index in [1.807, 2.05) is 31.2 Å². The van der Waals surface area contributed by atoms with E-state index in [1.165, 1.54) is 6.92 Å². The first-order chi connectivity index (χ1) is 8.95. The molecule has 0 aromatic heterocycles. The zero-order valence-corrected chi connectivity index (χ0v) is 12.0. The van der Waals surface area contributed by atoms with Gasteiger partial charge in [0.2, 0.25) is 0 Å². The summed E-state index contributed by atoms with van der Waals surface area (Å²) in [4.78, 5) is 11.8. The molecule has 0 spiro atoms. The van der Waals surface area contributed by atoms with Crippen molar-refractivity contribution in [2.45, 2.75) is 39.2 Å². The van der Waals surface area contributed by atoms with Crippen LogP contribution in [-0.4, -0.2) is 29.9 Å². The minimum Gasteiger partial charge on any atom is -0.494 e. The Bertz CT molecular complexity index is 426. The minimum atomic E-state index is -1.58. The van der Waals surface area contributed by atoms with E-state index in [0.29, 0.717) is 12.4 Å². The van der Waals surface area contributed by atoms with Gasteiger partial charge in [-0.25, -0.2) is 4.79 Å². The van der Waals surface area contributed by atoms with E-state index in [1.54, 1.807) is 13.8 Å². The maximum Gasteiger partial charge on any atom is 0.338 e. The Morgan fingerprint density at radius 2 is 1.95 bits per heavy atom. The van der Waals surface area contributed by atoms with E-state index in [2.05, 4.69) is 0 Å². The van der Waals surface area contributed by atoms with Gasteiger partial charge in [0.05, 0.1) is 13.2 Å². The zero-order chi connectivity index (χ0) is 14.5. The van der Waals surface area contributed by atoms with Crippen LogP contribution in [0.5, 0.6) is 5.75 Å². The number of carbonyl (C=O) groups excluding carboxylic acids is 1. The summed E-state index contributed by atoms with van der Waals surface area (Å²) in [5.74, 6) is -0.356. The summed E-state index contributed by atoms with van der Waals surface area (Å²) < 4.78 is 10.4. The van der Waals surface area contributed by atoms with Crippen LogP contribution in [0, 0.1) is 0 Å². The van der Waals surface area contributed by atoms with Crippen molar-refractivity contribution in [3.8, 4) is 5.75 Å². The molecule has 4 heteroatoms. The Labute approximate surface area is 114 Å². The molecule has 4 nitrogen and oxygen atoms in total. The van der Waals surface area contributed by atoms with Gasteiger partial charge in [0.1, 0.15) is 5.75 Å². The molecule has 19 heavy (non-hydrogen) atoms. The molecule has 0 radical (unpaired) electrons. The third-order valence-electron chi connectivity index (χ3n) is 3.22. The molecule has 0 saturated carbocycles. The second-order valence-electron chi connectivity index (χ2n) is 4.56. The maximum absolute atomic E-state index is 11.8. The molecule has 0 amide bonds. The third kappa shape index (κ3) is 3.47. The van der Waals surface area contributed by atoms with E-state index in [0.717, 1.165) is 5.56 Å². The lowest BCUT2D eigenvalue weighted by molar-refractivity contribution is -0.165. The number of hydrogen-bond acceptors (Lipinski definition) is 4. The SMILES string of the molecule is CCOC(=O)C(C)(O)C(C)c1ccccc1OCC. The van der Waals surface area contributed by atoms with Crippen LogP contribution in [-0.2, 0) is 9.53 Å². The molecule has 0 fully saturated rings. The first kappa shape index (κ1) is 15.5. The van der Waals surface area contributed by atoms with Crippen LogP contribution >= 0.6 is 0 Å². The molecule has 0 aliphatic heterocycles. The van der Waals surface area contributed by atoms with Gasteiger partial charge < -0.3 is 14.6 Å². The first-order valence-corrected chi connectivity index (χ1v) is 6.56. The molecule has 2 unspecified atom stereocenters. The molecule has 0 bridgehead atoms. The number of rotatable bonds is 6. The Kier molecular flexibility index (Phi) is 5.36. The van der Waals surface area contributed by atoms with Crippen LogP contribution in [0.3, 0.4) is 0 Å². The number of carbonyl (C=O) groups is 1. The monoisotopic (exact) mass is 266 g/mol. The zero-order valence-electron chi connectivity index (χ0n) is 12.0. The average Bonchev–Trinajstić information content (AvgIpc) is 2.39. The second kappa shape index (κ2) is 6.57. The van der Waals surface area contributed by atoms with Crippen LogP contribution < -0.4 is 4.74 Å². The van der Waals surface area contributed by atoms with Crippen molar-refractivity contribution in [3.63, 3.8) is 0 Å². The Hall–Kier alpha value is -1.55. The Morgan fingerprint density at radius 3 is 2.53 bits per heavy atom. The van der Waals surface area contributed by atoms with Gasteiger partial charge in [-0.1, -0.05) is 25.1 Å². The van der Waals surface area contributed by atoms with Crippen molar-refractivity contribution in [3.05, 3.63) is 29.8 Å². The van der Waals surface area contributed by atoms with Crippen LogP contribution in [0.4, 0.5) is 0 Å². The summed E-state index contributed by atoms with van der Waals surface area (Å²) in [6.45, 7) is 7.64. The molecule has 2 atom stereocenters. The normalized spacial score (nSPS) is 15.4. The smallest absolute Gasteiger partial charge is 0.338 e. The summed E-state index contributed by atoms with van der Waals surface area (Å²) in [7, 11) is 0. The lowest BCUT2D eigenvalue weighted by atomic mass is 9.84. The van der Waals surface area contributed by atoms with E-state index < -0.39 is 17.5 Å². The first-order valence-electron chi connectivity index (χ1n) is 6.56.